The number of hydrogen-bond donors (Lipinski definition) is 1. The molecule has 1 N–H and O–H groups in total. The topological polar surface area (TPSA) is 85.4 Å². The maximum absolute atomic E-state index is 12.5. The average molecular weight is 388 g/mol. The van der Waals surface area contributed by atoms with E-state index in [1.165, 1.54) is 31.2 Å². The lowest BCUT2D eigenvalue weighted by atomic mass is 9.94. The van der Waals surface area contributed by atoms with Gasteiger partial charge in [-0.05, 0) is 57.2 Å². The van der Waals surface area contributed by atoms with Crippen LogP contribution in [0, 0.1) is 6.92 Å². The number of benzene rings is 1. The Morgan fingerprint density at radius 2 is 1.74 bits per heavy atom. The van der Waals surface area contributed by atoms with Crippen LogP contribution in [0.3, 0.4) is 0 Å². The van der Waals surface area contributed by atoms with Crippen LogP contribution < -0.4 is 9.46 Å². The molecule has 0 unspecified atom stereocenters. The van der Waals surface area contributed by atoms with Gasteiger partial charge in [-0.2, -0.15) is 0 Å². The summed E-state index contributed by atoms with van der Waals surface area (Å²) in [5, 5.41) is 0. The summed E-state index contributed by atoms with van der Waals surface area (Å²) in [6, 6.07) is 9.71. The van der Waals surface area contributed by atoms with Gasteiger partial charge in [0.15, 0.2) is 5.78 Å². The van der Waals surface area contributed by atoms with Gasteiger partial charge in [0.1, 0.15) is 6.10 Å². The number of ether oxygens (including phenoxy) is 1. The van der Waals surface area contributed by atoms with Gasteiger partial charge in [-0.25, -0.2) is 18.1 Å². The summed E-state index contributed by atoms with van der Waals surface area (Å²) in [5.74, 6) is 0.517. The molecule has 1 heterocycles. The van der Waals surface area contributed by atoms with E-state index in [0.717, 1.165) is 18.4 Å². The fourth-order valence-electron chi connectivity index (χ4n) is 3.15. The van der Waals surface area contributed by atoms with E-state index in [1.807, 2.05) is 19.1 Å². The van der Waals surface area contributed by atoms with Gasteiger partial charge < -0.3 is 4.74 Å². The number of hydrogen-bond acceptors (Lipinski definition) is 5. The second-order valence-corrected chi connectivity index (χ2v) is 8.68. The lowest BCUT2D eigenvalue weighted by Crippen LogP contribution is -2.39. The maximum Gasteiger partial charge on any atom is 0.240 e. The van der Waals surface area contributed by atoms with Gasteiger partial charge in [-0.1, -0.05) is 18.2 Å². The van der Waals surface area contributed by atoms with Crippen molar-refractivity contribution in [2.75, 3.05) is 0 Å². The molecule has 0 atom stereocenters. The van der Waals surface area contributed by atoms with Gasteiger partial charge in [0.2, 0.25) is 15.9 Å². The highest BCUT2D eigenvalue weighted by atomic mass is 32.2. The largest absolute Gasteiger partial charge is 0.474 e. The second-order valence-electron chi connectivity index (χ2n) is 6.97. The third-order valence-electron chi connectivity index (χ3n) is 4.74. The number of carbonyl (C=O) groups excluding carboxylic acids is 1. The zero-order chi connectivity index (χ0) is 19.4. The molecule has 0 spiro atoms. The van der Waals surface area contributed by atoms with Crippen LogP contribution in [0.1, 0.15) is 48.5 Å². The number of aryl methyl sites for hydroxylation is 1. The van der Waals surface area contributed by atoms with Crippen LogP contribution in [0.2, 0.25) is 0 Å². The van der Waals surface area contributed by atoms with E-state index in [2.05, 4.69) is 9.71 Å². The van der Waals surface area contributed by atoms with Crippen molar-refractivity contribution in [1.82, 2.24) is 9.71 Å². The van der Waals surface area contributed by atoms with E-state index < -0.39 is 10.0 Å². The Balaban J connectivity index is 1.54. The molecule has 1 aliphatic carbocycles. The number of sulfonamides is 1. The smallest absolute Gasteiger partial charge is 0.240 e. The molecule has 0 bridgehead atoms. The van der Waals surface area contributed by atoms with Crippen LogP contribution in [0.15, 0.2) is 47.5 Å². The van der Waals surface area contributed by atoms with Gasteiger partial charge in [-0.3, -0.25) is 4.79 Å². The molecular weight excluding hydrogens is 364 g/mol. The zero-order valence-electron chi connectivity index (χ0n) is 15.5. The standard InChI is InChI=1S/C20H24N2O4S/c1-14-3-12-20(21-13-14)26-18-8-6-17(7-9-18)22-27(24,25)19-10-4-16(5-11-19)15(2)23/h3-5,10-13,17-18,22H,6-9H2,1-2H3. The molecule has 3 rings (SSSR count). The molecule has 1 saturated carbocycles. The van der Waals surface area contributed by atoms with Crippen molar-refractivity contribution in [3.05, 3.63) is 53.7 Å². The quantitative estimate of drug-likeness (QED) is 0.768. The average Bonchev–Trinajstić information content (AvgIpc) is 2.65. The number of rotatable bonds is 6. The van der Waals surface area contributed by atoms with Crippen molar-refractivity contribution in [1.29, 1.82) is 0 Å². The highest BCUT2D eigenvalue weighted by molar-refractivity contribution is 7.89. The Hall–Kier alpha value is -2.25. The van der Waals surface area contributed by atoms with E-state index in [-0.39, 0.29) is 22.8 Å². The third kappa shape index (κ3) is 5.14. The first-order valence-electron chi connectivity index (χ1n) is 9.06. The monoisotopic (exact) mass is 388 g/mol. The number of nitrogens with zero attached hydrogens (tertiary/aromatic N) is 1. The van der Waals surface area contributed by atoms with E-state index >= 15 is 0 Å². The third-order valence-corrected chi connectivity index (χ3v) is 6.28. The molecule has 0 radical (unpaired) electrons. The van der Waals surface area contributed by atoms with Gasteiger partial charge in [-0.15, -0.1) is 0 Å². The minimum absolute atomic E-state index is 0.0517. The molecule has 6 nitrogen and oxygen atoms in total. The predicted octanol–water partition coefficient (Wildman–Crippen LogP) is 3.26. The van der Waals surface area contributed by atoms with E-state index in [0.29, 0.717) is 24.3 Å². The lowest BCUT2D eigenvalue weighted by molar-refractivity contribution is 0.101. The first-order valence-corrected chi connectivity index (χ1v) is 10.5. The molecule has 1 fully saturated rings. The summed E-state index contributed by atoms with van der Waals surface area (Å²) in [7, 11) is -3.60. The Labute approximate surface area is 160 Å². The molecule has 144 valence electrons. The van der Waals surface area contributed by atoms with Crippen LogP contribution in [0.25, 0.3) is 0 Å². The number of nitrogens with one attached hydrogen (secondary N) is 1. The first-order chi connectivity index (χ1) is 12.8. The Kier molecular flexibility index (Phi) is 5.92. The van der Waals surface area contributed by atoms with Crippen molar-refractivity contribution >= 4 is 15.8 Å². The fraction of sp³-hybridized carbons (Fsp3) is 0.400. The first kappa shape index (κ1) is 19.5. The summed E-state index contributed by atoms with van der Waals surface area (Å²) < 4.78 is 33.8. The molecule has 1 aliphatic rings. The Morgan fingerprint density at radius 3 is 2.30 bits per heavy atom. The van der Waals surface area contributed by atoms with Crippen molar-refractivity contribution in [2.24, 2.45) is 0 Å². The summed E-state index contributed by atoms with van der Waals surface area (Å²) in [4.78, 5) is 15.7. The Morgan fingerprint density at radius 1 is 1.07 bits per heavy atom. The molecule has 1 aromatic heterocycles. The van der Waals surface area contributed by atoms with Gasteiger partial charge >= 0.3 is 0 Å². The molecule has 0 saturated heterocycles. The molecule has 7 heteroatoms. The van der Waals surface area contributed by atoms with Crippen LogP contribution >= 0.6 is 0 Å². The van der Waals surface area contributed by atoms with E-state index in [1.54, 1.807) is 6.20 Å². The van der Waals surface area contributed by atoms with Gasteiger partial charge in [0.05, 0.1) is 4.90 Å². The summed E-state index contributed by atoms with van der Waals surface area (Å²) in [5.41, 5.74) is 1.58. The van der Waals surface area contributed by atoms with Crippen molar-refractivity contribution in [2.45, 2.75) is 56.6 Å². The normalized spacial score (nSPS) is 20.2. The number of Topliss-reactive ketones (excluding diaryl/α,β-unsaturated/α-hetero) is 1. The summed E-state index contributed by atoms with van der Waals surface area (Å²) in [6.45, 7) is 3.43. The molecule has 1 aromatic carbocycles. The SMILES string of the molecule is CC(=O)c1ccc(S(=O)(=O)NC2CCC(Oc3ccc(C)cn3)CC2)cc1. The predicted molar refractivity (Wildman–Crippen MR) is 102 cm³/mol. The molecule has 0 aliphatic heterocycles. The van der Waals surface area contributed by atoms with E-state index in [9.17, 15) is 13.2 Å². The lowest BCUT2D eigenvalue weighted by Gasteiger charge is -2.29. The minimum atomic E-state index is -3.60. The number of ketones is 1. The zero-order valence-corrected chi connectivity index (χ0v) is 16.3. The van der Waals surface area contributed by atoms with Crippen LogP contribution in [0.4, 0.5) is 0 Å². The second kappa shape index (κ2) is 8.19. The Bertz CT molecular complexity index is 885. The molecule has 27 heavy (non-hydrogen) atoms. The van der Waals surface area contributed by atoms with Crippen LogP contribution in [0.5, 0.6) is 5.88 Å². The summed E-state index contributed by atoms with van der Waals surface area (Å²) in [6.07, 6.45) is 4.78. The van der Waals surface area contributed by atoms with Crippen molar-refractivity contribution in [3.63, 3.8) is 0 Å². The molecular formula is C20H24N2O4S. The molecule has 0 amide bonds. The fourth-order valence-corrected chi connectivity index (χ4v) is 4.45. The molecule has 2 aromatic rings. The van der Waals surface area contributed by atoms with Crippen molar-refractivity contribution in [3.8, 4) is 5.88 Å². The number of pyridine rings is 1. The highest BCUT2D eigenvalue weighted by Gasteiger charge is 2.27. The van der Waals surface area contributed by atoms with E-state index in [4.69, 9.17) is 4.74 Å². The number of aromatic nitrogens is 1. The summed E-state index contributed by atoms with van der Waals surface area (Å²) >= 11 is 0. The van der Waals surface area contributed by atoms with Crippen LogP contribution in [-0.4, -0.2) is 31.3 Å². The van der Waals surface area contributed by atoms with Crippen LogP contribution in [-0.2, 0) is 10.0 Å². The maximum atomic E-state index is 12.5. The highest BCUT2D eigenvalue weighted by Crippen LogP contribution is 2.24. The van der Waals surface area contributed by atoms with Gasteiger partial charge in [0.25, 0.3) is 0 Å². The minimum Gasteiger partial charge on any atom is -0.474 e. The number of carbonyl (C=O) groups is 1. The van der Waals surface area contributed by atoms with Crippen molar-refractivity contribution < 1.29 is 17.9 Å². The van der Waals surface area contributed by atoms with Gasteiger partial charge in [0, 0.05) is 23.9 Å².